The minimum Gasteiger partial charge on any atom is -0.508 e. The van der Waals surface area contributed by atoms with Gasteiger partial charge in [0.15, 0.2) is 0 Å². The highest BCUT2D eigenvalue weighted by atomic mass is 16.3. The summed E-state index contributed by atoms with van der Waals surface area (Å²) in [6, 6.07) is 11.0. The van der Waals surface area contributed by atoms with E-state index in [1.807, 2.05) is 12.1 Å². The van der Waals surface area contributed by atoms with Crippen LogP contribution < -0.4 is 4.90 Å². The maximum atomic E-state index is 11.1. The summed E-state index contributed by atoms with van der Waals surface area (Å²) in [4.78, 5) is 2.48. The van der Waals surface area contributed by atoms with E-state index in [9.17, 15) is 10.2 Å². The Morgan fingerprint density at radius 1 is 0.692 bits per heavy atom. The summed E-state index contributed by atoms with van der Waals surface area (Å²) in [6.07, 6.45) is 6.24. The summed E-state index contributed by atoms with van der Waals surface area (Å²) >= 11 is 0. The summed E-state index contributed by atoms with van der Waals surface area (Å²) in [6.45, 7) is 29.6. The van der Waals surface area contributed by atoms with E-state index in [4.69, 9.17) is 0 Å². The molecule has 0 bridgehead atoms. The van der Waals surface area contributed by atoms with Crippen molar-refractivity contribution < 1.29 is 10.2 Å². The molecule has 1 atom stereocenters. The lowest BCUT2D eigenvalue weighted by atomic mass is 9.79. The fraction of sp³-hybridized carbons (Fsp3) is 0.667. The first-order valence-corrected chi connectivity index (χ1v) is 15.2. The summed E-state index contributed by atoms with van der Waals surface area (Å²) in [5, 5.41) is 20.8. The largest absolute Gasteiger partial charge is 0.508 e. The van der Waals surface area contributed by atoms with Gasteiger partial charge >= 0.3 is 0 Å². The summed E-state index contributed by atoms with van der Waals surface area (Å²) in [5.41, 5.74) is 6.02. The van der Waals surface area contributed by atoms with Crippen molar-refractivity contribution in [3.8, 4) is 11.5 Å². The van der Waals surface area contributed by atoms with Crippen LogP contribution in [-0.2, 0) is 21.7 Å². The zero-order valence-corrected chi connectivity index (χ0v) is 27.5. The fourth-order valence-electron chi connectivity index (χ4n) is 5.21. The van der Waals surface area contributed by atoms with Gasteiger partial charge in [-0.3, -0.25) is 0 Å². The van der Waals surface area contributed by atoms with E-state index in [1.54, 1.807) is 0 Å². The number of aromatic hydroxyl groups is 2. The molecule has 1 fully saturated rings. The van der Waals surface area contributed by atoms with Gasteiger partial charge < -0.3 is 15.1 Å². The Balaban J connectivity index is 0.000000306. The molecule has 220 valence electrons. The monoisotopic (exact) mass is 537 g/mol. The van der Waals surface area contributed by atoms with Crippen LogP contribution in [0.15, 0.2) is 30.3 Å². The molecule has 2 aromatic rings. The van der Waals surface area contributed by atoms with E-state index in [0.717, 1.165) is 17.8 Å². The van der Waals surface area contributed by atoms with Gasteiger partial charge in [0.25, 0.3) is 0 Å². The van der Waals surface area contributed by atoms with Crippen molar-refractivity contribution in [3.05, 3.63) is 52.6 Å². The molecule has 0 aromatic heterocycles. The maximum Gasteiger partial charge on any atom is 0.142 e. The molecule has 39 heavy (non-hydrogen) atoms. The summed E-state index contributed by atoms with van der Waals surface area (Å²) in [5.74, 6) is 0.867. The van der Waals surface area contributed by atoms with Gasteiger partial charge in [0.2, 0.25) is 0 Å². The molecule has 0 aliphatic carbocycles. The first-order valence-electron chi connectivity index (χ1n) is 15.2. The molecule has 2 N–H and O–H groups in total. The Hall–Kier alpha value is -2.16. The molecule has 1 saturated heterocycles. The molecule has 3 nitrogen and oxygen atoms in total. The van der Waals surface area contributed by atoms with Crippen LogP contribution >= 0.6 is 0 Å². The van der Waals surface area contributed by atoms with Crippen molar-refractivity contribution in [2.45, 2.75) is 150 Å². The Morgan fingerprint density at radius 2 is 1.18 bits per heavy atom. The quantitative estimate of drug-likeness (QED) is 0.408. The van der Waals surface area contributed by atoms with Crippen LogP contribution in [0.4, 0.5) is 5.69 Å². The predicted molar refractivity (Wildman–Crippen MR) is 171 cm³/mol. The van der Waals surface area contributed by atoms with Gasteiger partial charge in [-0.15, -0.1) is 0 Å². The molecule has 0 saturated carbocycles. The number of unbranched alkanes of at least 4 members (excludes halogenated alkanes) is 1. The second-order valence-corrected chi connectivity index (χ2v) is 15.8. The minimum absolute atomic E-state index is 0.0568. The van der Waals surface area contributed by atoms with Gasteiger partial charge in [-0.05, 0) is 75.8 Å². The van der Waals surface area contributed by atoms with Crippen LogP contribution in [0.5, 0.6) is 11.5 Å². The highest BCUT2D eigenvalue weighted by Gasteiger charge is 2.31. The molecule has 1 heterocycles. The van der Waals surface area contributed by atoms with E-state index >= 15 is 0 Å². The van der Waals surface area contributed by atoms with E-state index in [2.05, 4.69) is 113 Å². The SMILES string of the molecule is CC(C)(C)c1cc(O)cc(C(C)(C)C)c1.CCCCC1CCCN1c1cc(C(C)(C)C)cc(C(C)(C)C)c1O. The Morgan fingerprint density at radius 3 is 1.62 bits per heavy atom. The van der Waals surface area contributed by atoms with E-state index in [1.165, 1.54) is 48.8 Å². The van der Waals surface area contributed by atoms with Crippen molar-refractivity contribution in [1.29, 1.82) is 0 Å². The van der Waals surface area contributed by atoms with Crippen LogP contribution in [0.25, 0.3) is 0 Å². The lowest BCUT2D eigenvalue weighted by Gasteiger charge is -2.33. The highest BCUT2D eigenvalue weighted by molar-refractivity contribution is 5.66. The second kappa shape index (κ2) is 12.1. The van der Waals surface area contributed by atoms with Crippen LogP contribution in [0, 0.1) is 0 Å². The van der Waals surface area contributed by atoms with Gasteiger partial charge in [-0.25, -0.2) is 0 Å². The van der Waals surface area contributed by atoms with Gasteiger partial charge in [0, 0.05) is 18.2 Å². The van der Waals surface area contributed by atoms with Crippen LogP contribution in [0.3, 0.4) is 0 Å². The molecule has 3 heteroatoms. The number of phenols is 2. The summed E-state index contributed by atoms with van der Waals surface area (Å²) in [7, 11) is 0. The van der Waals surface area contributed by atoms with Crippen LogP contribution in [0.2, 0.25) is 0 Å². The molecule has 0 radical (unpaired) electrons. The Labute approximate surface area is 241 Å². The predicted octanol–water partition coefficient (Wildman–Crippen LogP) is 10.1. The van der Waals surface area contributed by atoms with E-state index in [0.29, 0.717) is 17.5 Å². The number of phenolic OH excluding ortho intramolecular Hbond substituents is 2. The number of rotatable bonds is 4. The lowest BCUT2D eigenvalue weighted by Crippen LogP contribution is -2.30. The summed E-state index contributed by atoms with van der Waals surface area (Å²) < 4.78 is 0. The van der Waals surface area contributed by atoms with E-state index in [-0.39, 0.29) is 21.7 Å². The average Bonchev–Trinajstić information content (AvgIpc) is 3.23. The highest BCUT2D eigenvalue weighted by Crippen LogP contribution is 2.44. The number of hydrogen-bond donors (Lipinski definition) is 2. The number of benzene rings is 2. The molecule has 1 aliphatic heterocycles. The molecule has 1 unspecified atom stereocenters. The topological polar surface area (TPSA) is 43.7 Å². The third-order valence-electron chi connectivity index (χ3n) is 7.99. The number of anilines is 1. The molecule has 0 amide bonds. The fourth-order valence-corrected chi connectivity index (χ4v) is 5.21. The molecule has 0 spiro atoms. The Bertz CT molecular complexity index is 1050. The maximum absolute atomic E-state index is 11.1. The third-order valence-corrected chi connectivity index (χ3v) is 7.99. The smallest absolute Gasteiger partial charge is 0.142 e. The normalized spacial score (nSPS) is 16.7. The zero-order valence-electron chi connectivity index (χ0n) is 27.5. The minimum atomic E-state index is -0.0568. The van der Waals surface area contributed by atoms with Gasteiger partial charge in [0.1, 0.15) is 11.5 Å². The Kier molecular flexibility index (Phi) is 10.3. The van der Waals surface area contributed by atoms with Crippen LogP contribution in [0.1, 0.15) is 144 Å². The molecule has 1 aliphatic rings. The van der Waals surface area contributed by atoms with Crippen molar-refractivity contribution in [2.24, 2.45) is 0 Å². The van der Waals surface area contributed by atoms with E-state index < -0.39 is 0 Å². The average molecular weight is 538 g/mol. The van der Waals surface area contributed by atoms with Gasteiger partial charge in [-0.1, -0.05) is 115 Å². The van der Waals surface area contributed by atoms with Crippen LogP contribution in [-0.4, -0.2) is 22.8 Å². The van der Waals surface area contributed by atoms with Crippen molar-refractivity contribution in [1.82, 2.24) is 0 Å². The first kappa shape index (κ1) is 33.0. The second-order valence-electron chi connectivity index (χ2n) is 15.8. The van der Waals surface area contributed by atoms with Gasteiger partial charge in [-0.2, -0.15) is 0 Å². The standard InChI is InChI=1S/C22H37NO.C14H22O/c1-8-9-11-17-12-10-13-23(17)19-15-16(21(2,3)4)14-18(20(19)24)22(5,6)7;1-13(2,3)10-7-11(14(4,5)6)9-12(15)8-10/h14-15,17,24H,8-13H2,1-7H3;7-9,15H,1-6H3. The molecular weight excluding hydrogens is 478 g/mol. The molecular formula is C36H59NO2. The zero-order chi connectivity index (χ0) is 30.0. The number of hydrogen-bond acceptors (Lipinski definition) is 3. The van der Waals surface area contributed by atoms with Gasteiger partial charge in [0.05, 0.1) is 5.69 Å². The third kappa shape index (κ3) is 8.92. The molecule has 3 rings (SSSR count). The lowest BCUT2D eigenvalue weighted by molar-refractivity contribution is 0.441. The first-order chi connectivity index (χ1) is 17.7. The van der Waals surface area contributed by atoms with Crippen molar-refractivity contribution in [2.75, 3.05) is 11.4 Å². The number of nitrogens with zero attached hydrogens (tertiary/aromatic N) is 1. The molecule has 2 aromatic carbocycles. The van der Waals surface area contributed by atoms with Crippen molar-refractivity contribution >= 4 is 5.69 Å². The van der Waals surface area contributed by atoms with Crippen molar-refractivity contribution in [3.63, 3.8) is 0 Å².